The Balaban J connectivity index is 1.06. The lowest BCUT2D eigenvalue weighted by molar-refractivity contribution is 1.43. The molecule has 0 spiro atoms. The minimum Gasteiger partial charge on any atom is -0.0616 e. The highest BCUT2D eigenvalue weighted by Crippen LogP contribution is 2.30. The normalized spacial score (nSPS) is 11.3. The maximum absolute atomic E-state index is 2.30. The first-order valence-corrected chi connectivity index (χ1v) is 20.1. The van der Waals surface area contributed by atoms with Crippen LogP contribution < -0.4 is 0 Å². The van der Waals surface area contributed by atoms with Gasteiger partial charge >= 0.3 is 0 Å². The molecule has 0 unspecified atom stereocenters. The second kappa shape index (κ2) is 17.4. The summed E-state index contributed by atoms with van der Waals surface area (Å²) in [5, 5.41) is 2.47. The van der Waals surface area contributed by atoms with Crippen LogP contribution in [0.25, 0.3) is 58.4 Å². The summed E-state index contributed by atoms with van der Waals surface area (Å²) in [6.45, 7) is 8.54. The fourth-order valence-corrected chi connectivity index (χ4v) is 7.35. The molecule has 8 aromatic carbocycles. The fraction of sp³-hybridized carbons (Fsp3) is 0.0690. The molecule has 0 bridgehead atoms. The average Bonchev–Trinajstić information content (AvgIpc) is 3.25. The number of benzene rings is 8. The van der Waals surface area contributed by atoms with Crippen LogP contribution >= 0.6 is 0 Å². The zero-order valence-corrected chi connectivity index (χ0v) is 33.8. The van der Waals surface area contributed by atoms with Gasteiger partial charge in [0.2, 0.25) is 0 Å². The van der Waals surface area contributed by atoms with Crippen molar-refractivity contribution in [1.29, 1.82) is 0 Å². The Bertz CT molecular complexity index is 2670. The molecule has 0 aliphatic carbocycles. The number of fused-ring (bicyclic) bond motifs is 1. The van der Waals surface area contributed by atoms with E-state index in [0.717, 1.165) is 11.1 Å². The van der Waals surface area contributed by atoms with Crippen molar-refractivity contribution in [2.45, 2.75) is 27.7 Å². The Morgan fingerprint density at radius 3 is 1.09 bits per heavy atom. The van der Waals surface area contributed by atoms with Crippen LogP contribution in [-0.2, 0) is 0 Å². The first-order chi connectivity index (χ1) is 28.3. The lowest BCUT2D eigenvalue weighted by Gasteiger charge is -2.11. The van der Waals surface area contributed by atoms with Gasteiger partial charge in [-0.25, -0.2) is 0 Å². The quantitative estimate of drug-likeness (QED) is 0.122. The summed E-state index contributed by atoms with van der Waals surface area (Å²) in [7, 11) is 0. The van der Waals surface area contributed by atoms with E-state index in [2.05, 4.69) is 246 Å². The van der Waals surface area contributed by atoms with Gasteiger partial charge in [0.05, 0.1) is 0 Å². The van der Waals surface area contributed by atoms with Crippen molar-refractivity contribution >= 4 is 58.4 Å². The minimum atomic E-state index is 1.16. The van der Waals surface area contributed by atoms with Gasteiger partial charge in [0, 0.05) is 0 Å². The molecule has 0 saturated heterocycles. The zero-order valence-electron chi connectivity index (χ0n) is 33.8. The highest BCUT2D eigenvalue weighted by atomic mass is 14.1. The third kappa shape index (κ3) is 9.15. The minimum absolute atomic E-state index is 1.16. The van der Waals surface area contributed by atoms with E-state index >= 15 is 0 Å². The maximum Gasteiger partial charge on any atom is -0.0105 e. The topological polar surface area (TPSA) is 0 Å². The van der Waals surface area contributed by atoms with E-state index in [1.165, 1.54) is 88.7 Å². The van der Waals surface area contributed by atoms with E-state index in [-0.39, 0.29) is 0 Å². The average molecular weight is 745 g/mol. The summed E-state index contributed by atoms with van der Waals surface area (Å²) >= 11 is 0. The number of hydrogen-bond donors (Lipinski definition) is 0. The molecule has 8 rings (SSSR count). The molecule has 0 nitrogen and oxygen atoms in total. The Hall–Kier alpha value is -7.02. The van der Waals surface area contributed by atoms with Crippen molar-refractivity contribution in [3.05, 3.63) is 260 Å². The molecule has 0 fully saturated rings. The van der Waals surface area contributed by atoms with Crippen molar-refractivity contribution in [3.63, 3.8) is 0 Å². The van der Waals surface area contributed by atoms with Crippen LogP contribution in [0.3, 0.4) is 0 Å². The molecular formula is C58H48. The SMILES string of the molecule is Cc1ccc(C(=Cc2ccc(/C=C\c3ccc4ccccc4c3/C=C\c3ccc(C=C(c4ccc(C)cc4)c4ccc(C)cc4)cc3)cc2)c2ccc(C)cc2)cc1. The predicted molar refractivity (Wildman–Crippen MR) is 253 cm³/mol. The summed E-state index contributed by atoms with van der Waals surface area (Å²) in [6, 6.07) is 66.0. The van der Waals surface area contributed by atoms with E-state index in [9.17, 15) is 0 Å². The summed E-state index contributed by atoms with van der Waals surface area (Å²) in [5.41, 5.74) is 19.4. The van der Waals surface area contributed by atoms with Crippen molar-refractivity contribution < 1.29 is 0 Å². The van der Waals surface area contributed by atoms with E-state index in [0.29, 0.717) is 0 Å². The van der Waals surface area contributed by atoms with Crippen LogP contribution in [0.5, 0.6) is 0 Å². The molecule has 0 heteroatoms. The van der Waals surface area contributed by atoms with Crippen LogP contribution in [0.4, 0.5) is 0 Å². The van der Waals surface area contributed by atoms with Gasteiger partial charge in [-0.2, -0.15) is 0 Å². The fourth-order valence-electron chi connectivity index (χ4n) is 7.35. The summed E-state index contributed by atoms with van der Waals surface area (Å²) in [6.07, 6.45) is 13.6. The highest BCUT2D eigenvalue weighted by molar-refractivity contribution is 5.98. The lowest BCUT2D eigenvalue weighted by Crippen LogP contribution is -1.89. The van der Waals surface area contributed by atoms with Crippen LogP contribution in [0.1, 0.15) is 77.9 Å². The van der Waals surface area contributed by atoms with Gasteiger partial charge in [-0.15, -0.1) is 0 Å². The number of rotatable bonds is 10. The standard InChI is InChI=1S/C58H48/c1-41-9-27-51(28-10-41)57(52-29-11-42(2)12-30-52)39-47-21-17-45(18-22-47)25-35-50-37-36-49-7-5-6-8-55(49)56(50)38-26-46-19-23-48(24-20-46)40-58(53-31-13-43(3)14-32-53)54-33-15-44(4)16-34-54/h5-40H,1-4H3/b35-25-,38-26-. The molecule has 0 aliphatic heterocycles. The van der Waals surface area contributed by atoms with Crippen LogP contribution in [0, 0.1) is 27.7 Å². The molecular weight excluding hydrogens is 697 g/mol. The molecule has 0 N–H and O–H groups in total. The molecule has 0 atom stereocenters. The van der Waals surface area contributed by atoms with Crippen molar-refractivity contribution in [1.82, 2.24) is 0 Å². The monoisotopic (exact) mass is 744 g/mol. The zero-order chi connectivity index (χ0) is 39.8. The highest BCUT2D eigenvalue weighted by Gasteiger charge is 2.09. The second-order valence-corrected chi connectivity index (χ2v) is 15.4. The third-order valence-corrected chi connectivity index (χ3v) is 10.8. The van der Waals surface area contributed by atoms with Gasteiger partial charge in [-0.05, 0) is 117 Å². The largest absolute Gasteiger partial charge is 0.0616 e. The number of aryl methyl sites for hydroxylation is 4. The van der Waals surface area contributed by atoms with Crippen molar-refractivity contribution in [3.8, 4) is 0 Å². The molecule has 8 aromatic rings. The lowest BCUT2D eigenvalue weighted by atomic mass is 9.94. The van der Waals surface area contributed by atoms with Crippen LogP contribution in [-0.4, -0.2) is 0 Å². The van der Waals surface area contributed by atoms with Gasteiger partial charge < -0.3 is 0 Å². The second-order valence-electron chi connectivity index (χ2n) is 15.4. The Labute approximate surface area is 344 Å². The molecule has 58 heavy (non-hydrogen) atoms. The van der Waals surface area contributed by atoms with Gasteiger partial charge in [-0.1, -0.05) is 229 Å². The van der Waals surface area contributed by atoms with E-state index in [1.54, 1.807) is 0 Å². The van der Waals surface area contributed by atoms with Gasteiger partial charge in [0.25, 0.3) is 0 Å². The molecule has 0 heterocycles. The van der Waals surface area contributed by atoms with E-state index < -0.39 is 0 Å². The van der Waals surface area contributed by atoms with Gasteiger partial charge in [0.15, 0.2) is 0 Å². The van der Waals surface area contributed by atoms with Gasteiger partial charge in [0.1, 0.15) is 0 Å². The Morgan fingerprint density at radius 1 is 0.310 bits per heavy atom. The Kier molecular flexibility index (Phi) is 11.4. The van der Waals surface area contributed by atoms with E-state index in [1.807, 2.05) is 0 Å². The van der Waals surface area contributed by atoms with Crippen molar-refractivity contribution in [2.75, 3.05) is 0 Å². The molecule has 0 saturated carbocycles. The van der Waals surface area contributed by atoms with Crippen LogP contribution in [0.2, 0.25) is 0 Å². The van der Waals surface area contributed by atoms with Crippen molar-refractivity contribution in [2.24, 2.45) is 0 Å². The molecule has 0 amide bonds. The van der Waals surface area contributed by atoms with Gasteiger partial charge in [-0.3, -0.25) is 0 Å². The third-order valence-electron chi connectivity index (χ3n) is 10.8. The molecule has 0 radical (unpaired) electrons. The molecule has 280 valence electrons. The predicted octanol–water partition coefficient (Wildman–Crippen LogP) is 15.6. The molecule has 0 aliphatic rings. The first kappa shape index (κ1) is 37.9. The summed E-state index contributed by atoms with van der Waals surface area (Å²) in [4.78, 5) is 0. The number of hydrogen-bond acceptors (Lipinski definition) is 0. The molecule has 0 aromatic heterocycles. The first-order valence-electron chi connectivity index (χ1n) is 20.1. The Morgan fingerprint density at radius 2 is 0.672 bits per heavy atom. The smallest absolute Gasteiger partial charge is 0.0105 e. The summed E-state index contributed by atoms with van der Waals surface area (Å²) < 4.78 is 0. The maximum atomic E-state index is 2.30. The summed E-state index contributed by atoms with van der Waals surface area (Å²) in [5.74, 6) is 0. The van der Waals surface area contributed by atoms with Crippen LogP contribution in [0.15, 0.2) is 182 Å². The van der Waals surface area contributed by atoms with E-state index in [4.69, 9.17) is 0 Å².